The van der Waals surface area contributed by atoms with E-state index in [9.17, 15) is 0 Å². The van der Waals surface area contributed by atoms with E-state index in [1.807, 2.05) is 0 Å². The van der Waals surface area contributed by atoms with Crippen LogP contribution in [0.25, 0.3) is 0 Å². The molecule has 0 unspecified atom stereocenters. The summed E-state index contributed by atoms with van der Waals surface area (Å²) in [6.07, 6.45) is 11.2. The van der Waals surface area contributed by atoms with Gasteiger partial charge in [0.1, 0.15) is 13.1 Å². The number of unbranched alkanes of at least 4 members (excludes halogenated alkanes) is 6. The predicted molar refractivity (Wildman–Crippen MR) is 78.8 cm³/mol. The molecule has 0 aromatic heterocycles. The second-order valence-corrected chi connectivity index (χ2v) is 5.97. The quantitative estimate of drug-likeness (QED) is 0.431. The fourth-order valence-electron chi connectivity index (χ4n) is 3.04. The van der Waals surface area contributed by atoms with E-state index in [4.69, 9.17) is 4.74 Å². The first-order chi connectivity index (χ1) is 8.83. The molecule has 0 aromatic carbocycles. The zero-order chi connectivity index (χ0) is 13.1. The van der Waals surface area contributed by atoms with Crippen LogP contribution in [0.15, 0.2) is 0 Å². The summed E-state index contributed by atoms with van der Waals surface area (Å²) < 4.78 is 6.92. The smallest absolute Gasteiger partial charge is 0.102 e. The average Bonchev–Trinajstić information content (AvgIpc) is 2.41. The lowest BCUT2D eigenvalue weighted by atomic mass is 10.1. The summed E-state index contributed by atoms with van der Waals surface area (Å²) in [6.45, 7) is 11.9. The normalized spacial score (nSPS) is 18.0. The predicted octanol–water partition coefficient (Wildman–Crippen LogP) is 0.998. The van der Waals surface area contributed by atoms with Crippen LogP contribution in [0.5, 0.6) is 0 Å². The maximum Gasteiger partial charge on any atom is 0.102 e. The van der Waals surface area contributed by atoms with E-state index in [2.05, 4.69) is 13.8 Å². The van der Waals surface area contributed by atoms with Gasteiger partial charge in [0.2, 0.25) is 0 Å². The van der Waals surface area contributed by atoms with E-state index in [0.29, 0.717) is 0 Å². The Hall–Kier alpha value is 0.210. The van der Waals surface area contributed by atoms with Gasteiger partial charge in [-0.25, -0.2) is 0 Å². The molecule has 0 bridgehead atoms. The zero-order valence-electron chi connectivity index (χ0n) is 13.1. The van der Waals surface area contributed by atoms with Gasteiger partial charge in [0, 0.05) is 0 Å². The van der Waals surface area contributed by atoms with Crippen LogP contribution >= 0.6 is 0 Å². The van der Waals surface area contributed by atoms with E-state index in [1.54, 1.807) is 0 Å². The Morgan fingerprint density at radius 2 is 1.21 bits per heavy atom. The molecule has 0 atom stereocenters. The number of rotatable bonds is 10. The minimum Gasteiger partial charge on any atom is -1.00 e. The van der Waals surface area contributed by atoms with Crippen molar-refractivity contribution >= 4 is 0 Å². The number of nitrogens with zero attached hydrogens (tertiary/aromatic N) is 1. The van der Waals surface area contributed by atoms with Crippen molar-refractivity contribution in [3.63, 3.8) is 0 Å². The van der Waals surface area contributed by atoms with Crippen molar-refractivity contribution < 1.29 is 21.6 Å². The van der Waals surface area contributed by atoms with E-state index in [0.717, 1.165) is 13.2 Å². The third-order valence-electron chi connectivity index (χ3n) is 4.39. The number of halogens is 1. The first-order valence-corrected chi connectivity index (χ1v) is 8.26. The summed E-state index contributed by atoms with van der Waals surface area (Å²) in [5.41, 5.74) is 0. The molecule has 0 spiro atoms. The SMILES string of the molecule is CCCCCC[N+]1(CCCCCC)CCOCC1.[Cl-]. The Kier molecular flexibility index (Phi) is 12.1. The van der Waals surface area contributed by atoms with Crippen molar-refractivity contribution in [2.75, 3.05) is 39.4 Å². The van der Waals surface area contributed by atoms with Crippen LogP contribution in [-0.4, -0.2) is 43.9 Å². The van der Waals surface area contributed by atoms with Crippen molar-refractivity contribution in [1.82, 2.24) is 0 Å². The van der Waals surface area contributed by atoms with Crippen LogP contribution in [0, 0.1) is 0 Å². The maximum absolute atomic E-state index is 5.56. The topological polar surface area (TPSA) is 9.23 Å². The molecule has 2 nitrogen and oxygen atoms in total. The fourth-order valence-corrected chi connectivity index (χ4v) is 3.04. The molecule has 0 radical (unpaired) electrons. The molecule has 0 aliphatic carbocycles. The molecule has 0 aromatic rings. The van der Waals surface area contributed by atoms with Crippen LogP contribution in [0.3, 0.4) is 0 Å². The zero-order valence-corrected chi connectivity index (χ0v) is 13.9. The molecule has 116 valence electrons. The minimum atomic E-state index is 0. The van der Waals surface area contributed by atoms with Gasteiger partial charge in [0.25, 0.3) is 0 Å². The number of morpholine rings is 1. The van der Waals surface area contributed by atoms with Crippen molar-refractivity contribution in [2.45, 2.75) is 65.2 Å². The minimum absolute atomic E-state index is 0. The summed E-state index contributed by atoms with van der Waals surface area (Å²) in [5, 5.41) is 0. The molecule has 19 heavy (non-hydrogen) atoms. The summed E-state index contributed by atoms with van der Waals surface area (Å²) in [5.74, 6) is 0. The van der Waals surface area contributed by atoms with Gasteiger partial charge in [-0.2, -0.15) is 0 Å². The molecular formula is C16H34ClNO. The van der Waals surface area contributed by atoms with Gasteiger partial charge in [-0.05, 0) is 25.7 Å². The highest BCUT2D eigenvalue weighted by atomic mass is 35.5. The summed E-state index contributed by atoms with van der Waals surface area (Å²) >= 11 is 0. The highest BCUT2D eigenvalue weighted by molar-refractivity contribution is 4.53. The summed E-state index contributed by atoms with van der Waals surface area (Å²) in [6, 6.07) is 0. The molecule has 0 N–H and O–H groups in total. The molecular weight excluding hydrogens is 258 g/mol. The second-order valence-electron chi connectivity index (χ2n) is 5.97. The fraction of sp³-hybridized carbons (Fsp3) is 1.00. The first-order valence-electron chi connectivity index (χ1n) is 8.26. The highest BCUT2D eigenvalue weighted by Gasteiger charge is 2.28. The number of hydrogen-bond acceptors (Lipinski definition) is 1. The van der Waals surface area contributed by atoms with Gasteiger partial charge in [0.15, 0.2) is 0 Å². The average molecular weight is 292 g/mol. The molecule has 1 rings (SSSR count). The van der Waals surface area contributed by atoms with Gasteiger partial charge in [-0.3, -0.25) is 0 Å². The van der Waals surface area contributed by atoms with Crippen LogP contribution < -0.4 is 12.4 Å². The van der Waals surface area contributed by atoms with Gasteiger partial charge in [-0.15, -0.1) is 0 Å². The highest BCUT2D eigenvalue weighted by Crippen LogP contribution is 2.17. The van der Waals surface area contributed by atoms with Crippen molar-refractivity contribution in [3.05, 3.63) is 0 Å². The Bertz CT molecular complexity index is 179. The standard InChI is InChI=1S/C16H34NO.ClH/c1-3-5-7-9-11-17(12-10-8-6-4-2)13-15-18-16-14-17;/h3-16H2,1-2H3;1H/q+1;/p-1. The lowest BCUT2D eigenvalue weighted by Gasteiger charge is -2.41. The number of ether oxygens (including phenoxy) is 1. The molecule has 3 heteroatoms. The van der Waals surface area contributed by atoms with E-state index in [1.165, 1.54) is 82.0 Å². The maximum atomic E-state index is 5.56. The summed E-state index contributed by atoms with van der Waals surface area (Å²) in [7, 11) is 0. The van der Waals surface area contributed by atoms with Crippen molar-refractivity contribution in [1.29, 1.82) is 0 Å². The Morgan fingerprint density at radius 3 is 1.63 bits per heavy atom. The molecule has 1 aliphatic heterocycles. The second kappa shape index (κ2) is 12.0. The van der Waals surface area contributed by atoms with Gasteiger partial charge >= 0.3 is 0 Å². The Balaban J connectivity index is 0.00000324. The van der Waals surface area contributed by atoms with Crippen LogP contribution in [0.1, 0.15) is 65.2 Å². The molecule has 1 aliphatic rings. The third kappa shape index (κ3) is 8.16. The number of quaternary nitrogens is 1. The molecule has 0 amide bonds. The Labute approximate surface area is 126 Å². The van der Waals surface area contributed by atoms with Crippen LogP contribution in [-0.2, 0) is 4.74 Å². The lowest BCUT2D eigenvalue weighted by Crippen LogP contribution is -3.00. The van der Waals surface area contributed by atoms with E-state index in [-0.39, 0.29) is 12.4 Å². The van der Waals surface area contributed by atoms with E-state index >= 15 is 0 Å². The van der Waals surface area contributed by atoms with Gasteiger partial charge in [-0.1, -0.05) is 39.5 Å². The third-order valence-corrected chi connectivity index (χ3v) is 4.39. The largest absolute Gasteiger partial charge is 1.00 e. The van der Waals surface area contributed by atoms with Crippen molar-refractivity contribution in [2.24, 2.45) is 0 Å². The molecule has 1 fully saturated rings. The van der Waals surface area contributed by atoms with Gasteiger partial charge in [0.05, 0.1) is 26.3 Å². The van der Waals surface area contributed by atoms with E-state index < -0.39 is 0 Å². The first kappa shape index (κ1) is 19.2. The summed E-state index contributed by atoms with van der Waals surface area (Å²) in [4.78, 5) is 0. The Morgan fingerprint density at radius 1 is 0.737 bits per heavy atom. The molecule has 1 saturated heterocycles. The van der Waals surface area contributed by atoms with Gasteiger partial charge < -0.3 is 21.6 Å². The molecule has 1 heterocycles. The van der Waals surface area contributed by atoms with Crippen molar-refractivity contribution in [3.8, 4) is 0 Å². The number of hydrogen-bond donors (Lipinski definition) is 0. The van der Waals surface area contributed by atoms with Crippen LogP contribution in [0.2, 0.25) is 0 Å². The lowest BCUT2D eigenvalue weighted by molar-refractivity contribution is -0.935. The molecule has 0 saturated carbocycles. The monoisotopic (exact) mass is 291 g/mol. The van der Waals surface area contributed by atoms with Crippen LogP contribution in [0.4, 0.5) is 0 Å².